The van der Waals surface area contributed by atoms with Crippen LogP contribution >= 0.6 is 0 Å². The van der Waals surface area contributed by atoms with Gasteiger partial charge in [0.2, 0.25) is 0 Å². The van der Waals surface area contributed by atoms with Crippen LogP contribution in [0.1, 0.15) is 23.7 Å². The second kappa shape index (κ2) is 5.04. The van der Waals surface area contributed by atoms with E-state index in [0.717, 1.165) is 0 Å². The molecule has 92 valence electrons. The maximum absolute atomic E-state index is 2.33. The summed E-state index contributed by atoms with van der Waals surface area (Å²) in [5.41, 5.74) is 5.68. The van der Waals surface area contributed by atoms with Gasteiger partial charge in [-0.1, -0.05) is 24.3 Å². The van der Waals surface area contributed by atoms with E-state index < -0.39 is 0 Å². The largest absolute Gasteiger partial charge is 1.00 e. The van der Waals surface area contributed by atoms with Crippen molar-refractivity contribution in [3.8, 4) is 0 Å². The van der Waals surface area contributed by atoms with Crippen LogP contribution in [-0.4, -0.2) is 0 Å². The Morgan fingerprint density at radius 3 is 1.37 bits per heavy atom. The van der Waals surface area contributed by atoms with Crippen molar-refractivity contribution in [3.63, 3.8) is 0 Å². The van der Waals surface area contributed by atoms with Crippen molar-refractivity contribution >= 4 is 21.5 Å². The van der Waals surface area contributed by atoms with Gasteiger partial charge in [0.15, 0.2) is 0 Å². The second-order valence-electron chi connectivity index (χ2n) is 5.24. The standard InChI is InChI=1S/C18H18.Li.H/c1-11-12(2)14(4)18-10-16-8-6-5-7-15(16)9-17(18)13(11)3;;/h5-10H,1-4H3;;/q;+1;-1. The van der Waals surface area contributed by atoms with Crippen LogP contribution < -0.4 is 18.9 Å². The predicted molar refractivity (Wildman–Crippen MR) is 81.5 cm³/mol. The molecule has 0 nitrogen and oxygen atoms in total. The van der Waals surface area contributed by atoms with Gasteiger partial charge in [-0.3, -0.25) is 0 Å². The van der Waals surface area contributed by atoms with Gasteiger partial charge >= 0.3 is 18.9 Å². The molecule has 3 aromatic rings. The van der Waals surface area contributed by atoms with Crippen molar-refractivity contribution in [2.45, 2.75) is 27.7 Å². The van der Waals surface area contributed by atoms with Gasteiger partial charge in [0.05, 0.1) is 0 Å². The van der Waals surface area contributed by atoms with Gasteiger partial charge in [0.25, 0.3) is 0 Å². The van der Waals surface area contributed by atoms with Gasteiger partial charge in [-0.05, 0) is 83.6 Å². The van der Waals surface area contributed by atoms with E-state index in [1.54, 1.807) is 0 Å². The molecule has 0 N–H and O–H groups in total. The molecule has 0 amide bonds. The first kappa shape index (κ1) is 14.2. The van der Waals surface area contributed by atoms with Gasteiger partial charge in [-0.15, -0.1) is 0 Å². The minimum absolute atomic E-state index is 0. The van der Waals surface area contributed by atoms with Crippen molar-refractivity contribution in [3.05, 3.63) is 58.7 Å². The molecule has 0 saturated heterocycles. The minimum Gasteiger partial charge on any atom is -1.00 e. The summed E-state index contributed by atoms with van der Waals surface area (Å²) in [6.07, 6.45) is 0. The van der Waals surface area contributed by atoms with Crippen LogP contribution in [0.2, 0.25) is 0 Å². The Morgan fingerprint density at radius 2 is 1.00 bits per heavy atom. The maximum Gasteiger partial charge on any atom is 1.00 e. The second-order valence-corrected chi connectivity index (χ2v) is 5.24. The summed E-state index contributed by atoms with van der Waals surface area (Å²) >= 11 is 0. The van der Waals surface area contributed by atoms with E-state index in [1.165, 1.54) is 43.8 Å². The van der Waals surface area contributed by atoms with E-state index in [-0.39, 0.29) is 20.3 Å². The van der Waals surface area contributed by atoms with Crippen molar-refractivity contribution in [2.75, 3.05) is 0 Å². The van der Waals surface area contributed by atoms with Crippen LogP contribution in [0.5, 0.6) is 0 Å². The molecule has 0 aromatic heterocycles. The summed E-state index contributed by atoms with van der Waals surface area (Å²) in [5, 5.41) is 5.45. The molecular weight excluding hydrogens is 223 g/mol. The number of aryl methyl sites for hydroxylation is 2. The fraction of sp³-hybridized carbons (Fsp3) is 0.222. The molecule has 3 rings (SSSR count). The monoisotopic (exact) mass is 242 g/mol. The van der Waals surface area contributed by atoms with Crippen molar-refractivity contribution in [1.29, 1.82) is 0 Å². The maximum atomic E-state index is 2.33. The molecule has 0 aliphatic rings. The van der Waals surface area contributed by atoms with Crippen molar-refractivity contribution in [2.24, 2.45) is 0 Å². The number of hydrogen-bond donors (Lipinski definition) is 0. The molecule has 19 heavy (non-hydrogen) atoms. The van der Waals surface area contributed by atoms with Crippen LogP contribution in [0, 0.1) is 27.7 Å². The molecule has 0 atom stereocenters. The molecular formula is C18H19Li. The minimum atomic E-state index is 0. The molecule has 0 unspecified atom stereocenters. The first-order valence-corrected chi connectivity index (χ1v) is 6.48. The average molecular weight is 242 g/mol. The molecule has 0 heterocycles. The molecule has 0 spiro atoms. The summed E-state index contributed by atoms with van der Waals surface area (Å²) in [6, 6.07) is 13.3. The SMILES string of the molecule is Cc1c(C)c(C)c2cc3ccccc3cc2c1C.[H-].[Li+]. The van der Waals surface area contributed by atoms with E-state index in [1.807, 2.05) is 0 Å². The smallest absolute Gasteiger partial charge is 1.00 e. The third kappa shape index (κ3) is 2.10. The number of hydrogen-bond acceptors (Lipinski definition) is 0. The Balaban J connectivity index is 0.000001000. The van der Waals surface area contributed by atoms with Crippen molar-refractivity contribution in [1.82, 2.24) is 0 Å². The Morgan fingerprint density at radius 1 is 0.632 bits per heavy atom. The summed E-state index contributed by atoms with van der Waals surface area (Å²) < 4.78 is 0. The number of rotatable bonds is 0. The van der Waals surface area contributed by atoms with Gasteiger partial charge < -0.3 is 1.43 Å². The summed E-state index contributed by atoms with van der Waals surface area (Å²) in [4.78, 5) is 0. The Hall–Kier alpha value is -1.22. The van der Waals surface area contributed by atoms with E-state index in [4.69, 9.17) is 0 Å². The molecule has 0 aliphatic carbocycles. The molecule has 0 fully saturated rings. The van der Waals surface area contributed by atoms with Crippen LogP contribution in [-0.2, 0) is 0 Å². The third-order valence-corrected chi connectivity index (χ3v) is 4.38. The van der Waals surface area contributed by atoms with E-state index in [2.05, 4.69) is 64.1 Å². The van der Waals surface area contributed by atoms with Crippen LogP contribution in [0.4, 0.5) is 0 Å². The average Bonchev–Trinajstić information content (AvgIpc) is 2.41. The zero-order valence-electron chi connectivity index (χ0n) is 13.5. The summed E-state index contributed by atoms with van der Waals surface area (Å²) in [7, 11) is 0. The quantitative estimate of drug-likeness (QED) is 0.419. The zero-order valence-corrected chi connectivity index (χ0v) is 12.5. The summed E-state index contributed by atoms with van der Waals surface area (Å²) in [6.45, 7) is 8.93. The van der Waals surface area contributed by atoms with Gasteiger partial charge in [0.1, 0.15) is 0 Å². The van der Waals surface area contributed by atoms with Crippen LogP contribution in [0.3, 0.4) is 0 Å². The van der Waals surface area contributed by atoms with Crippen LogP contribution in [0.25, 0.3) is 21.5 Å². The van der Waals surface area contributed by atoms with Gasteiger partial charge in [0, 0.05) is 0 Å². The molecule has 0 aliphatic heterocycles. The van der Waals surface area contributed by atoms with Gasteiger partial charge in [-0.2, -0.15) is 0 Å². The molecule has 0 saturated carbocycles. The number of benzene rings is 3. The fourth-order valence-electron chi connectivity index (χ4n) is 2.83. The molecule has 3 aromatic carbocycles. The normalized spacial score (nSPS) is 10.7. The van der Waals surface area contributed by atoms with Crippen LogP contribution in [0.15, 0.2) is 36.4 Å². The predicted octanol–water partition coefficient (Wildman–Crippen LogP) is 2.34. The molecule has 0 radical (unpaired) electrons. The third-order valence-electron chi connectivity index (χ3n) is 4.38. The Labute approximate surface area is 128 Å². The van der Waals surface area contributed by atoms with E-state index in [9.17, 15) is 0 Å². The first-order valence-electron chi connectivity index (χ1n) is 6.48. The van der Waals surface area contributed by atoms with E-state index in [0.29, 0.717) is 0 Å². The molecule has 0 bridgehead atoms. The van der Waals surface area contributed by atoms with Gasteiger partial charge in [-0.25, -0.2) is 0 Å². The fourth-order valence-corrected chi connectivity index (χ4v) is 2.83. The Kier molecular flexibility index (Phi) is 3.77. The first-order chi connectivity index (χ1) is 8.59. The van der Waals surface area contributed by atoms with E-state index >= 15 is 0 Å². The topological polar surface area (TPSA) is 0 Å². The molecule has 1 heteroatoms. The summed E-state index contributed by atoms with van der Waals surface area (Å²) in [5.74, 6) is 0. The van der Waals surface area contributed by atoms with Crippen molar-refractivity contribution < 1.29 is 20.3 Å². The number of fused-ring (bicyclic) bond motifs is 2. The Bertz CT molecular complexity index is 709. The zero-order chi connectivity index (χ0) is 12.9.